The molecule has 1 N–H and O–H groups in total. The van der Waals surface area contributed by atoms with E-state index in [0.29, 0.717) is 16.1 Å². The van der Waals surface area contributed by atoms with E-state index in [9.17, 15) is 14.9 Å². The van der Waals surface area contributed by atoms with Gasteiger partial charge in [0.2, 0.25) is 0 Å². The van der Waals surface area contributed by atoms with Crippen LogP contribution in [0.1, 0.15) is 40.0 Å². The molecule has 0 fully saturated rings. The summed E-state index contributed by atoms with van der Waals surface area (Å²) in [5, 5.41) is 12.1. The normalized spacial score (nSPS) is 13.4. The molecule has 1 aliphatic rings. The summed E-state index contributed by atoms with van der Waals surface area (Å²) in [4.78, 5) is 26.1. The van der Waals surface area contributed by atoms with E-state index in [0.717, 1.165) is 36.6 Å². The van der Waals surface area contributed by atoms with Crippen molar-refractivity contribution in [3.8, 4) is 0 Å². The number of hydrogen-bond donors (Lipinski definition) is 1. The Balaban J connectivity index is 1.53. The van der Waals surface area contributed by atoms with Gasteiger partial charge in [0.05, 0.1) is 15.5 Å². The van der Waals surface area contributed by atoms with Crippen molar-refractivity contribution in [1.82, 2.24) is 4.98 Å². The number of nitrogens with zero attached hydrogens (tertiary/aromatic N) is 1. The molecule has 1 aromatic heterocycles. The minimum atomic E-state index is -0.521. The highest BCUT2D eigenvalue weighted by Crippen LogP contribution is 2.33. The quantitative estimate of drug-likeness (QED) is 0.391. The molecule has 0 amide bonds. The number of non-ortho nitro benzene ring substituents is 1. The van der Waals surface area contributed by atoms with Gasteiger partial charge < -0.3 is 9.72 Å². The molecule has 0 unspecified atom stereocenters. The first-order valence-corrected chi connectivity index (χ1v) is 9.14. The van der Waals surface area contributed by atoms with Crippen molar-refractivity contribution in [2.75, 3.05) is 0 Å². The van der Waals surface area contributed by atoms with E-state index >= 15 is 0 Å². The first kappa shape index (κ1) is 17.5. The summed E-state index contributed by atoms with van der Waals surface area (Å²) in [6.07, 6.45) is 4.37. The van der Waals surface area contributed by atoms with Crippen LogP contribution in [-0.2, 0) is 24.2 Å². The number of nitro groups is 1. The molecular formula is C20H17ClN2O4. The second-order valence-electron chi connectivity index (χ2n) is 6.67. The number of nitro benzene ring substituents is 1. The Morgan fingerprint density at radius 1 is 1.19 bits per heavy atom. The van der Waals surface area contributed by atoms with Crippen LogP contribution in [0.25, 0.3) is 10.9 Å². The van der Waals surface area contributed by atoms with Crippen molar-refractivity contribution in [2.45, 2.75) is 32.3 Å². The second-order valence-corrected chi connectivity index (χ2v) is 7.07. The molecule has 0 radical (unpaired) electrons. The molecular weight excluding hydrogens is 368 g/mol. The number of rotatable bonds is 4. The number of ether oxygens (including phenoxy) is 1. The molecule has 1 aliphatic carbocycles. The van der Waals surface area contributed by atoms with Crippen molar-refractivity contribution in [3.05, 3.63) is 73.9 Å². The van der Waals surface area contributed by atoms with E-state index in [4.69, 9.17) is 16.3 Å². The third-order valence-electron chi connectivity index (χ3n) is 4.92. The smallest absolute Gasteiger partial charge is 0.340 e. The zero-order valence-electron chi connectivity index (χ0n) is 14.5. The fourth-order valence-electron chi connectivity index (χ4n) is 3.53. The molecule has 6 nitrogen and oxygen atoms in total. The minimum Gasteiger partial charge on any atom is -0.457 e. The van der Waals surface area contributed by atoms with Gasteiger partial charge in [-0.2, -0.15) is 0 Å². The number of carbonyl (C=O) groups excluding carboxylic acids is 1. The maximum Gasteiger partial charge on any atom is 0.340 e. The topological polar surface area (TPSA) is 85.2 Å². The average molecular weight is 385 g/mol. The van der Waals surface area contributed by atoms with Crippen LogP contribution in [0, 0.1) is 10.1 Å². The predicted molar refractivity (Wildman–Crippen MR) is 102 cm³/mol. The lowest BCUT2D eigenvalue weighted by atomic mass is 9.95. The maximum atomic E-state index is 12.5. The Kier molecular flexibility index (Phi) is 4.58. The molecule has 0 saturated carbocycles. The number of benzene rings is 2. The van der Waals surface area contributed by atoms with E-state index in [1.165, 1.54) is 23.4 Å². The summed E-state index contributed by atoms with van der Waals surface area (Å²) >= 11 is 6.35. The van der Waals surface area contributed by atoms with Crippen LogP contribution in [0.5, 0.6) is 0 Å². The zero-order valence-corrected chi connectivity index (χ0v) is 15.2. The van der Waals surface area contributed by atoms with Crippen LogP contribution in [0.4, 0.5) is 5.69 Å². The highest BCUT2D eigenvalue weighted by molar-refractivity contribution is 6.34. The summed E-state index contributed by atoms with van der Waals surface area (Å²) in [6, 6.07) is 9.47. The van der Waals surface area contributed by atoms with Crippen molar-refractivity contribution in [1.29, 1.82) is 0 Å². The lowest BCUT2D eigenvalue weighted by molar-refractivity contribution is -0.384. The first-order valence-electron chi connectivity index (χ1n) is 8.76. The molecule has 7 heteroatoms. The molecule has 0 saturated heterocycles. The highest BCUT2D eigenvalue weighted by Gasteiger charge is 2.20. The van der Waals surface area contributed by atoms with Gasteiger partial charge >= 0.3 is 5.97 Å². The van der Waals surface area contributed by atoms with Gasteiger partial charge in [-0.3, -0.25) is 10.1 Å². The lowest BCUT2D eigenvalue weighted by Gasteiger charge is -2.10. The molecule has 0 atom stereocenters. The van der Waals surface area contributed by atoms with Crippen molar-refractivity contribution < 1.29 is 14.5 Å². The summed E-state index contributed by atoms with van der Waals surface area (Å²) in [7, 11) is 0. The standard InChI is InChI=1S/C20H17ClN2O4/c21-17-9-15-14-3-1-2-4-18(14)22-19(15)10-16(17)20(24)27-11-12-5-7-13(8-6-12)23(25)26/h5-10,22H,1-4,11H2. The van der Waals surface area contributed by atoms with E-state index in [2.05, 4.69) is 4.98 Å². The number of aromatic nitrogens is 1. The molecule has 2 aromatic carbocycles. The minimum absolute atomic E-state index is 0.00529. The number of aryl methyl sites for hydroxylation is 2. The number of halogens is 1. The third-order valence-corrected chi connectivity index (χ3v) is 5.24. The van der Waals surface area contributed by atoms with E-state index < -0.39 is 10.9 Å². The Morgan fingerprint density at radius 2 is 1.93 bits per heavy atom. The predicted octanol–water partition coefficient (Wildman–Crippen LogP) is 4.97. The van der Waals surface area contributed by atoms with Gasteiger partial charge in [-0.15, -0.1) is 0 Å². The number of H-pyrrole nitrogens is 1. The lowest BCUT2D eigenvalue weighted by Crippen LogP contribution is -2.06. The van der Waals surface area contributed by atoms with Crippen LogP contribution in [0.2, 0.25) is 5.02 Å². The molecule has 0 bridgehead atoms. The fourth-order valence-corrected chi connectivity index (χ4v) is 3.77. The summed E-state index contributed by atoms with van der Waals surface area (Å²) < 4.78 is 5.34. The molecule has 138 valence electrons. The zero-order chi connectivity index (χ0) is 19.0. The number of carbonyl (C=O) groups is 1. The molecule has 0 spiro atoms. The molecule has 3 aromatic rings. The van der Waals surface area contributed by atoms with Gasteiger partial charge in [0.15, 0.2) is 0 Å². The Bertz CT molecular complexity index is 1040. The van der Waals surface area contributed by atoms with E-state index in [-0.39, 0.29) is 12.3 Å². The van der Waals surface area contributed by atoms with Gasteiger partial charge in [-0.05, 0) is 61.1 Å². The Morgan fingerprint density at radius 3 is 2.67 bits per heavy atom. The first-order chi connectivity index (χ1) is 13.0. The second kappa shape index (κ2) is 7.04. The largest absolute Gasteiger partial charge is 0.457 e. The molecule has 0 aliphatic heterocycles. The summed E-state index contributed by atoms with van der Waals surface area (Å²) in [5.41, 5.74) is 4.39. The van der Waals surface area contributed by atoms with Crippen LogP contribution in [-0.4, -0.2) is 15.9 Å². The number of aromatic amines is 1. The molecule has 4 rings (SSSR count). The summed E-state index contributed by atoms with van der Waals surface area (Å²) in [5.74, 6) is -0.521. The van der Waals surface area contributed by atoms with E-state index in [1.54, 1.807) is 18.2 Å². The van der Waals surface area contributed by atoms with E-state index in [1.807, 2.05) is 6.07 Å². The SMILES string of the molecule is O=C(OCc1ccc([N+](=O)[O-])cc1)c1cc2[nH]c3c(c2cc1Cl)CCCC3. The molecule has 1 heterocycles. The van der Waals surface area contributed by atoms with Crippen LogP contribution >= 0.6 is 11.6 Å². The van der Waals surface area contributed by atoms with Crippen LogP contribution in [0.15, 0.2) is 36.4 Å². The Hall–Kier alpha value is -2.86. The highest BCUT2D eigenvalue weighted by atomic mass is 35.5. The monoisotopic (exact) mass is 384 g/mol. The van der Waals surface area contributed by atoms with Crippen LogP contribution in [0.3, 0.4) is 0 Å². The van der Waals surface area contributed by atoms with Crippen LogP contribution < -0.4 is 0 Å². The fraction of sp³-hybridized carbons (Fsp3) is 0.250. The van der Waals surface area contributed by atoms with Crippen molar-refractivity contribution >= 4 is 34.2 Å². The van der Waals surface area contributed by atoms with Crippen molar-refractivity contribution in [2.24, 2.45) is 0 Å². The number of nitrogens with one attached hydrogen (secondary N) is 1. The van der Waals surface area contributed by atoms with Gasteiger partial charge in [0.1, 0.15) is 6.61 Å². The Labute approximate surface area is 160 Å². The summed E-state index contributed by atoms with van der Waals surface area (Å²) in [6.45, 7) is 0.0203. The van der Waals surface area contributed by atoms with Gasteiger partial charge in [0, 0.05) is 28.7 Å². The molecule has 27 heavy (non-hydrogen) atoms. The van der Waals surface area contributed by atoms with Gasteiger partial charge in [0.25, 0.3) is 5.69 Å². The average Bonchev–Trinajstić information content (AvgIpc) is 3.03. The number of esters is 1. The maximum absolute atomic E-state index is 12.5. The van der Waals surface area contributed by atoms with Crippen molar-refractivity contribution in [3.63, 3.8) is 0 Å². The van der Waals surface area contributed by atoms with Gasteiger partial charge in [-0.1, -0.05) is 11.6 Å². The number of fused-ring (bicyclic) bond motifs is 3. The number of hydrogen-bond acceptors (Lipinski definition) is 4. The van der Waals surface area contributed by atoms with Gasteiger partial charge in [-0.25, -0.2) is 4.79 Å². The third kappa shape index (κ3) is 3.40.